The van der Waals surface area contributed by atoms with Gasteiger partial charge in [0.25, 0.3) is 0 Å². The second-order valence-corrected chi connectivity index (χ2v) is 6.96. The highest BCUT2D eigenvalue weighted by atomic mass is 35.5. The number of hydrogen-bond acceptors (Lipinski definition) is 5. The summed E-state index contributed by atoms with van der Waals surface area (Å²) in [5, 5.41) is 7.15. The van der Waals surface area contributed by atoms with Crippen molar-refractivity contribution in [2.45, 2.75) is 33.2 Å². The quantitative estimate of drug-likeness (QED) is 0.601. The van der Waals surface area contributed by atoms with Crippen LogP contribution in [0.4, 0.5) is 0 Å². The number of halogens is 1. The lowest BCUT2D eigenvalue weighted by Gasteiger charge is -2.05. The fourth-order valence-electron chi connectivity index (χ4n) is 2.62. The lowest BCUT2D eigenvalue weighted by atomic mass is 10.0. The maximum Gasteiger partial charge on any atom is 0.246 e. The summed E-state index contributed by atoms with van der Waals surface area (Å²) in [5.41, 5.74) is 3.54. The minimum Gasteiger partial charge on any atom is -0.347 e. The van der Waals surface area contributed by atoms with E-state index in [1.807, 2.05) is 32.0 Å². The standard InChI is InChI=1S/C21H20ClN3O3/c1-13-6-7-15(10-14(13)2)18(26)8-9-19(27)23-12-20-24-21(25-28-20)16-4-3-5-17(22)11-16/h3-7,10-11H,8-9,12H2,1-2H3,(H,23,27). The zero-order valence-electron chi connectivity index (χ0n) is 15.7. The second kappa shape index (κ2) is 8.80. The van der Waals surface area contributed by atoms with E-state index >= 15 is 0 Å². The highest BCUT2D eigenvalue weighted by Crippen LogP contribution is 2.20. The van der Waals surface area contributed by atoms with Gasteiger partial charge >= 0.3 is 0 Å². The summed E-state index contributed by atoms with van der Waals surface area (Å²) in [6.45, 7) is 4.05. The summed E-state index contributed by atoms with van der Waals surface area (Å²) in [6, 6.07) is 12.7. The molecule has 0 aliphatic carbocycles. The lowest BCUT2D eigenvalue weighted by molar-refractivity contribution is -0.121. The molecule has 1 aromatic heterocycles. The molecule has 3 rings (SSSR count). The Bertz CT molecular complexity index is 1010. The van der Waals surface area contributed by atoms with Crippen LogP contribution in [0, 0.1) is 13.8 Å². The molecule has 28 heavy (non-hydrogen) atoms. The zero-order valence-corrected chi connectivity index (χ0v) is 16.4. The number of nitrogens with one attached hydrogen (secondary N) is 1. The van der Waals surface area contributed by atoms with Crippen molar-refractivity contribution < 1.29 is 14.1 Å². The van der Waals surface area contributed by atoms with Crippen molar-refractivity contribution in [3.05, 3.63) is 70.1 Å². The van der Waals surface area contributed by atoms with Crippen LogP contribution in [0.5, 0.6) is 0 Å². The van der Waals surface area contributed by atoms with E-state index in [0.29, 0.717) is 16.4 Å². The molecule has 144 valence electrons. The SMILES string of the molecule is Cc1ccc(C(=O)CCC(=O)NCc2nc(-c3cccc(Cl)c3)no2)cc1C. The van der Waals surface area contributed by atoms with Crippen LogP contribution in [-0.4, -0.2) is 21.8 Å². The predicted molar refractivity (Wildman–Crippen MR) is 106 cm³/mol. The van der Waals surface area contributed by atoms with Gasteiger partial charge in [-0.05, 0) is 43.2 Å². The van der Waals surface area contributed by atoms with Gasteiger partial charge in [-0.3, -0.25) is 9.59 Å². The molecule has 0 aliphatic heterocycles. The average Bonchev–Trinajstić information content (AvgIpc) is 3.15. The molecule has 2 aromatic carbocycles. The number of amides is 1. The molecule has 0 saturated carbocycles. The van der Waals surface area contributed by atoms with Gasteiger partial charge in [-0.2, -0.15) is 4.98 Å². The topological polar surface area (TPSA) is 85.1 Å². The van der Waals surface area contributed by atoms with Crippen molar-refractivity contribution in [1.82, 2.24) is 15.5 Å². The Kier molecular flexibility index (Phi) is 6.21. The van der Waals surface area contributed by atoms with Crippen molar-refractivity contribution in [3.63, 3.8) is 0 Å². The van der Waals surface area contributed by atoms with E-state index in [1.54, 1.807) is 24.3 Å². The fourth-order valence-corrected chi connectivity index (χ4v) is 2.81. The normalized spacial score (nSPS) is 10.7. The van der Waals surface area contributed by atoms with Crippen LogP contribution in [-0.2, 0) is 11.3 Å². The second-order valence-electron chi connectivity index (χ2n) is 6.52. The van der Waals surface area contributed by atoms with Crippen molar-refractivity contribution in [1.29, 1.82) is 0 Å². The molecule has 6 nitrogen and oxygen atoms in total. The van der Waals surface area contributed by atoms with Crippen LogP contribution in [0.2, 0.25) is 5.02 Å². The Balaban J connectivity index is 1.49. The molecule has 0 saturated heterocycles. The number of aryl methyl sites for hydroxylation is 2. The Morgan fingerprint density at radius 3 is 2.64 bits per heavy atom. The molecule has 0 bridgehead atoms. The smallest absolute Gasteiger partial charge is 0.246 e. The molecule has 0 unspecified atom stereocenters. The van der Waals surface area contributed by atoms with E-state index in [9.17, 15) is 9.59 Å². The maximum atomic E-state index is 12.2. The summed E-state index contributed by atoms with van der Waals surface area (Å²) in [5.74, 6) is 0.374. The van der Waals surface area contributed by atoms with Crippen LogP contribution in [0.15, 0.2) is 47.0 Å². The van der Waals surface area contributed by atoms with Crippen LogP contribution in [0.25, 0.3) is 11.4 Å². The Labute approximate surface area is 167 Å². The number of carbonyl (C=O) groups is 2. The van der Waals surface area contributed by atoms with Crippen molar-refractivity contribution in [2.24, 2.45) is 0 Å². The van der Waals surface area contributed by atoms with Gasteiger partial charge in [-0.25, -0.2) is 0 Å². The van der Waals surface area contributed by atoms with Crippen LogP contribution in [0.3, 0.4) is 0 Å². The third-order valence-electron chi connectivity index (χ3n) is 4.40. The van der Waals surface area contributed by atoms with E-state index in [1.165, 1.54) is 0 Å². The van der Waals surface area contributed by atoms with E-state index in [-0.39, 0.29) is 37.0 Å². The highest BCUT2D eigenvalue weighted by molar-refractivity contribution is 6.30. The van der Waals surface area contributed by atoms with Crippen molar-refractivity contribution in [2.75, 3.05) is 0 Å². The number of rotatable bonds is 7. The Morgan fingerprint density at radius 1 is 1.07 bits per heavy atom. The van der Waals surface area contributed by atoms with E-state index < -0.39 is 0 Å². The van der Waals surface area contributed by atoms with Gasteiger partial charge in [-0.1, -0.05) is 41.0 Å². The molecule has 0 aliphatic rings. The number of hydrogen-bond donors (Lipinski definition) is 1. The predicted octanol–water partition coefficient (Wildman–Crippen LogP) is 4.29. The maximum absolute atomic E-state index is 12.2. The first-order valence-corrected chi connectivity index (χ1v) is 9.26. The number of Topliss-reactive ketones (excluding diaryl/α,β-unsaturated/α-hetero) is 1. The van der Waals surface area contributed by atoms with Gasteiger partial charge in [0.15, 0.2) is 5.78 Å². The minimum atomic E-state index is -0.250. The molecule has 1 heterocycles. The molecule has 0 atom stereocenters. The summed E-state index contributed by atoms with van der Waals surface area (Å²) < 4.78 is 5.14. The van der Waals surface area contributed by atoms with Gasteiger partial charge in [0.2, 0.25) is 17.6 Å². The van der Waals surface area contributed by atoms with Gasteiger partial charge in [0.1, 0.15) is 0 Å². The summed E-state index contributed by atoms with van der Waals surface area (Å²) >= 11 is 5.95. The molecule has 0 radical (unpaired) electrons. The lowest BCUT2D eigenvalue weighted by Crippen LogP contribution is -2.23. The summed E-state index contributed by atoms with van der Waals surface area (Å²) in [7, 11) is 0. The van der Waals surface area contributed by atoms with Crippen molar-refractivity contribution in [3.8, 4) is 11.4 Å². The summed E-state index contributed by atoms with van der Waals surface area (Å²) in [6.07, 6.45) is 0.243. The van der Waals surface area contributed by atoms with Gasteiger partial charge < -0.3 is 9.84 Å². The molecule has 7 heteroatoms. The van der Waals surface area contributed by atoms with Gasteiger partial charge in [0.05, 0.1) is 6.54 Å². The largest absolute Gasteiger partial charge is 0.347 e. The molecule has 3 aromatic rings. The molecular weight excluding hydrogens is 378 g/mol. The van der Waals surface area contributed by atoms with Crippen LogP contribution in [0.1, 0.15) is 40.2 Å². The van der Waals surface area contributed by atoms with E-state index in [0.717, 1.165) is 16.7 Å². The van der Waals surface area contributed by atoms with E-state index in [4.69, 9.17) is 16.1 Å². The third-order valence-corrected chi connectivity index (χ3v) is 4.63. The highest BCUT2D eigenvalue weighted by Gasteiger charge is 2.13. The third kappa shape index (κ3) is 5.04. The Morgan fingerprint density at radius 2 is 1.89 bits per heavy atom. The monoisotopic (exact) mass is 397 g/mol. The number of benzene rings is 2. The molecule has 1 amide bonds. The average molecular weight is 398 g/mol. The van der Waals surface area contributed by atoms with Crippen molar-refractivity contribution >= 4 is 23.3 Å². The first-order valence-electron chi connectivity index (χ1n) is 8.88. The molecular formula is C21H20ClN3O3. The first-order chi connectivity index (χ1) is 13.4. The number of ketones is 1. The van der Waals surface area contributed by atoms with Gasteiger partial charge in [0, 0.05) is 29.0 Å². The number of aromatic nitrogens is 2. The zero-order chi connectivity index (χ0) is 20.1. The molecule has 0 fully saturated rings. The summed E-state index contributed by atoms with van der Waals surface area (Å²) in [4.78, 5) is 28.5. The first kappa shape index (κ1) is 19.8. The van der Waals surface area contributed by atoms with Crippen LogP contribution < -0.4 is 5.32 Å². The fraction of sp³-hybridized carbons (Fsp3) is 0.238. The van der Waals surface area contributed by atoms with Gasteiger partial charge in [-0.15, -0.1) is 0 Å². The Hall–Kier alpha value is -2.99. The minimum absolute atomic E-state index is 0.0562. The van der Waals surface area contributed by atoms with E-state index in [2.05, 4.69) is 15.5 Å². The van der Waals surface area contributed by atoms with Crippen LogP contribution >= 0.6 is 11.6 Å². The molecule has 1 N–H and O–H groups in total. The number of carbonyl (C=O) groups excluding carboxylic acids is 2. The molecule has 0 spiro atoms. The number of nitrogens with zero attached hydrogens (tertiary/aromatic N) is 2.